The molecule has 10 nitrogen and oxygen atoms in total. The standard InChI is InChI=1S/C24H17Cl2F7N8O2/c1-11-6-12(25)7-14(20(42)34-2)18(11)36-21(43)16-8-13(38-41(16)19-15(26)4-3-5-35-19)9-40-10-17(37-39-40)22(27,23(28,29)30)24(31,32)33/h3-8,10H,9H2,1-2H3,(H,34,42)(H,36,43). The fourth-order valence-corrected chi connectivity index (χ4v) is 4.39. The van der Waals surface area contributed by atoms with Crippen LogP contribution in [0.15, 0.2) is 42.7 Å². The number of anilines is 1. The summed E-state index contributed by atoms with van der Waals surface area (Å²) in [5.74, 6) is -1.52. The molecule has 0 aliphatic rings. The van der Waals surface area contributed by atoms with Gasteiger partial charge in [0.25, 0.3) is 11.8 Å². The molecule has 4 aromatic rings. The summed E-state index contributed by atoms with van der Waals surface area (Å²) < 4.78 is 94.7. The van der Waals surface area contributed by atoms with E-state index in [9.17, 15) is 40.3 Å². The first-order valence-electron chi connectivity index (χ1n) is 11.7. The van der Waals surface area contributed by atoms with Crippen molar-refractivity contribution in [3.05, 3.63) is 81.0 Å². The number of hydrogen-bond donors (Lipinski definition) is 2. The summed E-state index contributed by atoms with van der Waals surface area (Å²) in [5.41, 5.74) is -7.75. The van der Waals surface area contributed by atoms with E-state index in [0.717, 1.165) is 10.7 Å². The maximum Gasteiger partial charge on any atom is 0.437 e. The van der Waals surface area contributed by atoms with Crippen LogP contribution < -0.4 is 10.6 Å². The van der Waals surface area contributed by atoms with Gasteiger partial charge in [0.2, 0.25) is 0 Å². The van der Waals surface area contributed by atoms with Crippen molar-refractivity contribution in [3.63, 3.8) is 0 Å². The van der Waals surface area contributed by atoms with Crippen LogP contribution in [-0.4, -0.2) is 61.0 Å². The van der Waals surface area contributed by atoms with E-state index < -0.39 is 42.1 Å². The Bertz CT molecular complexity index is 1690. The summed E-state index contributed by atoms with van der Waals surface area (Å²) in [6.45, 7) is 0.918. The van der Waals surface area contributed by atoms with Gasteiger partial charge in [-0.05, 0) is 42.8 Å². The average molecular weight is 653 g/mol. The van der Waals surface area contributed by atoms with E-state index in [2.05, 4.69) is 31.0 Å². The predicted molar refractivity (Wildman–Crippen MR) is 138 cm³/mol. The molecule has 228 valence electrons. The molecule has 0 spiro atoms. The van der Waals surface area contributed by atoms with Gasteiger partial charge in [0, 0.05) is 18.3 Å². The summed E-state index contributed by atoms with van der Waals surface area (Å²) in [7, 11) is 1.36. The molecule has 0 aliphatic carbocycles. The molecule has 0 radical (unpaired) electrons. The molecule has 0 bridgehead atoms. The zero-order valence-corrected chi connectivity index (χ0v) is 23.2. The zero-order chi connectivity index (χ0) is 31.9. The Kier molecular flexibility index (Phi) is 8.43. The van der Waals surface area contributed by atoms with Crippen molar-refractivity contribution < 1.29 is 40.3 Å². The smallest absolute Gasteiger partial charge is 0.355 e. The lowest BCUT2D eigenvalue weighted by atomic mass is 10.0. The number of carbonyl (C=O) groups is 2. The highest BCUT2D eigenvalue weighted by Gasteiger charge is 2.75. The fraction of sp³-hybridized carbons (Fsp3) is 0.250. The third-order valence-corrected chi connectivity index (χ3v) is 6.45. The molecule has 3 heterocycles. The first kappa shape index (κ1) is 31.7. The second kappa shape index (κ2) is 11.4. The van der Waals surface area contributed by atoms with Crippen LogP contribution in [0.4, 0.5) is 36.4 Å². The van der Waals surface area contributed by atoms with Gasteiger partial charge < -0.3 is 10.6 Å². The highest BCUT2D eigenvalue weighted by atomic mass is 35.5. The van der Waals surface area contributed by atoms with Gasteiger partial charge in [0.15, 0.2) is 5.82 Å². The van der Waals surface area contributed by atoms with E-state index in [1.54, 1.807) is 6.92 Å². The molecule has 0 unspecified atom stereocenters. The van der Waals surface area contributed by atoms with Crippen molar-refractivity contribution >= 4 is 40.7 Å². The molecule has 2 amide bonds. The number of hydrogen-bond acceptors (Lipinski definition) is 6. The van der Waals surface area contributed by atoms with Crippen LogP contribution in [0.3, 0.4) is 0 Å². The maximum atomic E-state index is 14.4. The Balaban J connectivity index is 1.76. The number of amides is 2. The summed E-state index contributed by atoms with van der Waals surface area (Å²) in [6, 6.07) is 6.80. The minimum absolute atomic E-state index is 0.0144. The Morgan fingerprint density at radius 3 is 2.28 bits per heavy atom. The molecule has 2 N–H and O–H groups in total. The van der Waals surface area contributed by atoms with E-state index in [1.165, 1.54) is 37.5 Å². The topological polar surface area (TPSA) is 120 Å². The average Bonchev–Trinajstić information content (AvgIpc) is 3.55. The molecular weight excluding hydrogens is 636 g/mol. The summed E-state index contributed by atoms with van der Waals surface area (Å²) in [4.78, 5) is 30.0. The molecule has 4 rings (SSSR count). The molecule has 3 aromatic heterocycles. The van der Waals surface area contributed by atoms with Gasteiger partial charge in [-0.2, -0.15) is 31.4 Å². The number of aromatic nitrogens is 6. The Hall–Kier alpha value is -4.25. The Morgan fingerprint density at radius 1 is 1.00 bits per heavy atom. The second-order valence-electron chi connectivity index (χ2n) is 8.88. The van der Waals surface area contributed by atoms with Gasteiger partial charge in [-0.25, -0.2) is 18.7 Å². The summed E-state index contributed by atoms with van der Waals surface area (Å²) in [5, 5.41) is 15.3. The Morgan fingerprint density at radius 2 is 1.67 bits per heavy atom. The van der Waals surface area contributed by atoms with Crippen molar-refractivity contribution in [3.8, 4) is 5.82 Å². The summed E-state index contributed by atoms with van der Waals surface area (Å²) >= 11 is 12.3. The molecule has 1 aromatic carbocycles. The van der Waals surface area contributed by atoms with Crippen LogP contribution in [0, 0.1) is 6.92 Å². The SMILES string of the molecule is CNC(=O)c1cc(Cl)cc(C)c1NC(=O)c1cc(Cn2cc(C(F)(C(F)(F)F)C(F)(F)F)nn2)nn1-c1ncccc1Cl. The molecule has 0 aliphatic heterocycles. The number of nitrogens with zero attached hydrogens (tertiary/aromatic N) is 6. The number of aryl methyl sites for hydroxylation is 1. The number of pyridine rings is 1. The quantitative estimate of drug-likeness (QED) is 0.257. The van der Waals surface area contributed by atoms with E-state index in [-0.39, 0.29) is 44.7 Å². The first-order valence-corrected chi connectivity index (χ1v) is 12.5. The second-order valence-corrected chi connectivity index (χ2v) is 9.72. The van der Waals surface area contributed by atoms with Gasteiger partial charge in [-0.3, -0.25) is 9.59 Å². The molecule has 0 saturated carbocycles. The molecule has 43 heavy (non-hydrogen) atoms. The third-order valence-electron chi connectivity index (χ3n) is 5.94. The van der Waals surface area contributed by atoms with E-state index in [1.807, 2.05) is 0 Å². The van der Waals surface area contributed by atoms with E-state index in [0.29, 0.717) is 10.2 Å². The van der Waals surface area contributed by atoms with Gasteiger partial charge in [0.1, 0.15) is 11.4 Å². The fourth-order valence-electron chi connectivity index (χ4n) is 3.91. The van der Waals surface area contributed by atoms with Crippen LogP contribution in [0.5, 0.6) is 0 Å². The van der Waals surface area contributed by atoms with Gasteiger partial charge in [0.05, 0.1) is 34.7 Å². The molecule has 0 atom stereocenters. The van der Waals surface area contributed by atoms with Crippen LogP contribution in [0.1, 0.15) is 37.8 Å². The van der Waals surface area contributed by atoms with E-state index in [4.69, 9.17) is 23.2 Å². The lowest BCUT2D eigenvalue weighted by Crippen LogP contribution is -2.50. The van der Waals surface area contributed by atoms with Crippen molar-refractivity contribution in [2.45, 2.75) is 31.5 Å². The largest absolute Gasteiger partial charge is 0.437 e. The first-order chi connectivity index (χ1) is 20.0. The Labute approximate surface area is 246 Å². The van der Waals surface area contributed by atoms with Crippen LogP contribution in [0.25, 0.3) is 5.82 Å². The molecule has 0 saturated heterocycles. The predicted octanol–water partition coefficient (Wildman–Crippen LogP) is 5.42. The lowest BCUT2D eigenvalue weighted by Gasteiger charge is -2.27. The monoisotopic (exact) mass is 652 g/mol. The lowest BCUT2D eigenvalue weighted by molar-refractivity contribution is -0.350. The highest BCUT2D eigenvalue weighted by molar-refractivity contribution is 6.32. The van der Waals surface area contributed by atoms with Gasteiger partial charge in [-0.1, -0.05) is 28.4 Å². The number of carbonyl (C=O) groups excluding carboxylic acids is 2. The van der Waals surface area contributed by atoms with Crippen LogP contribution in [0.2, 0.25) is 10.0 Å². The molecule has 0 fully saturated rings. The number of nitrogens with one attached hydrogen (secondary N) is 2. The number of benzene rings is 1. The highest BCUT2D eigenvalue weighted by Crippen LogP contribution is 2.52. The van der Waals surface area contributed by atoms with Crippen molar-refractivity contribution in [1.82, 2.24) is 35.1 Å². The van der Waals surface area contributed by atoms with Crippen LogP contribution in [-0.2, 0) is 12.2 Å². The summed E-state index contributed by atoms with van der Waals surface area (Å²) in [6.07, 6.45) is -11.3. The maximum absolute atomic E-state index is 14.4. The van der Waals surface area contributed by atoms with Crippen LogP contribution >= 0.6 is 23.2 Å². The van der Waals surface area contributed by atoms with Crippen molar-refractivity contribution in [1.29, 1.82) is 0 Å². The zero-order valence-electron chi connectivity index (χ0n) is 21.7. The van der Waals surface area contributed by atoms with Gasteiger partial charge in [-0.15, -0.1) is 5.10 Å². The number of alkyl halides is 7. The minimum atomic E-state index is -6.39. The number of halogens is 9. The van der Waals surface area contributed by atoms with Crippen molar-refractivity contribution in [2.24, 2.45) is 0 Å². The molecule has 19 heteroatoms. The normalized spacial score (nSPS) is 12.3. The number of rotatable bonds is 7. The van der Waals surface area contributed by atoms with Crippen molar-refractivity contribution in [2.75, 3.05) is 12.4 Å². The minimum Gasteiger partial charge on any atom is -0.355 e. The third kappa shape index (κ3) is 5.99. The van der Waals surface area contributed by atoms with E-state index >= 15 is 0 Å². The van der Waals surface area contributed by atoms with Gasteiger partial charge >= 0.3 is 18.0 Å². The molecular formula is C24H17Cl2F7N8O2.